The molecule has 0 aliphatic heterocycles. The molecular weight excluding hydrogens is 296 g/mol. The van der Waals surface area contributed by atoms with Gasteiger partial charge < -0.3 is 9.88 Å². The molecule has 8 heteroatoms. The van der Waals surface area contributed by atoms with Crippen molar-refractivity contribution in [2.75, 3.05) is 11.8 Å². The minimum Gasteiger partial charge on any atom is -0.349 e. The van der Waals surface area contributed by atoms with Crippen LogP contribution in [0.1, 0.15) is 19.0 Å². The second-order valence-electron chi connectivity index (χ2n) is 4.33. The van der Waals surface area contributed by atoms with E-state index in [2.05, 4.69) is 21.9 Å². The molecule has 0 amide bonds. The Kier molecular flexibility index (Phi) is 4.79. The van der Waals surface area contributed by atoms with Gasteiger partial charge >= 0.3 is 0 Å². The summed E-state index contributed by atoms with van der Waals surface area (Å²) < 4.78 is 29.0. The van der Waals surface area contributed by atoms with Crippen LogP contribution in [0.15, 0.2) is 28.7 Å². The van der Waals surface area contributed by atoms with Gasteiger partial charge in [-0.25, -0.2) is 13.4 Å². The number of nitrogens with zero attached hydrogens (tertiary/aromatic N) is 2. The molecule has 2 heterocycles. The molecule has 0 atom stereocenters. The van der Waals surface area contributed by atoms with E-state index in [1.165, 1.54) is 11.3 Å². The maximum Gasteiger partial charge on any atom is 0.265 e. The Labute approximate surface area is 122 Å². The van der Waals surface area contributed by atoms with E-state index in [9.17, 15) is 8.42 Å². The van der Waals surface area contributed by atoms with Crippen molar-refractivity contribution >= 4 is 26.5 Å². The lowest BCUT2D eigenvalue weighted by Gasteiger charge is -2.06. The van der Waals surface area contributed by atoms with Gasteiger partial charge in [0.15, 0.2) is 5.13 Å². The van der Waals surface area contributed by atoms with E-state index in [4.69, 9.17) is 0 Å². The average Bonchev–Trinajstić information content (AvgIpc) is 3.01. The third kappa shape index (κ3) is 3.38. The van der Waals surface area contributed by atoms with Gasteiger partial charge in [-0.3, -0.25) is 4.72 Å². The summed E-state index contributed by atoms with van der Waals surface area (Å²) in [5, 5.41) is 5.15. The van der Waals surface area contributed by atoms with Crippen molar-refractivity contribution in [2.45, 2.75) is 31.3 Å². The molecule has 2 aromatic heterocycles. The van der Waals surface area contributed by atoms with E-state index in [-0.39, 0.29) is 4.90 Å². The van der Waals surface area contributed by atoms with E-state index < -0.39 is 10.0 Å². The first-order valence-electron chi connectivity index (χ1n) is 6.32. The number of hydrogen-bond acceptors (Lipinski definition) is 5. The maximum atomic E-state index is 12.3. The van der Waals surface area contributed by atoms with Crippen LogP contribution >= 0.6 is 11.3 Å². The lowest BCUT2D eigenvalue weighted by Crippen LogP contribution is -2.12. The van der Waals surface area contributed by atoms with Gasteiger partial charge in [0.1, 0.15) is 4.90 Å². The minimum atomic E-state index is -3.57. The largest absolute Gasteiger partial charge is 0.349 e. The highest BCUT2D eigenvalue weighted by atomic mass is 32.2. The minimum absolute atomic E-state index is 0.270. The van der Waals surface area contributed by atoms with E-state index in [0.717, 1.165) is 18.7 Å². The number of sulfonamides is 1. The quantitative estimate of drug-likeness (QED) is 0.818. The zero-order valence-corrected chi connectivity index (χ0v) is 13.1. The first-order valence-corrected chi connectivity index (χ1v) is 8.69. The Morgan fingerprint density at radius 1 is 1.45 bits per heavy atom. The van der Waals surface area contributed by atoms with Gasteiger partial charge in [0.05, 0.1) is 0 Å². The van der Waals surface area contributed by atoms with E-state index in [1.54, 1.807) is 23.8 Å². The summed E-state index contributed by atoms with van der Waals surface area (Å²) in [6.45, 7) is 3.49. The molecule has 110 valence electrons. The molecule has 20 heavy (non-hydrogen) atoms. The van der Waals surface area contributed by atoms with Gasteiger partial charge in [-0.2, -0.15) is 0 Å². The maximum absolute atomic E-state index is 12.3. The van der Waals surface area contributed by atoms with Crippen molar-refractivity contribution in [3.05, 3.63) is 29.5 Å². The zero-order chi connectivity index (χ0) is 14.6. The van der Waals surface area contributed by atoms with E-state index in [0.29, 0.717) is 11.7 Å². The molecule has 0 aliphatic carbocycles. The summed E-state index contributed by atoms with van der Waals surface area (Å²) in [6.07, 6.45) is 4.19. The number of aryl methyl sites for hydroxylation is 1. The average molecular weight is 314 g/mol. The molecule has 2 N–H and O–H groups in total. The van der Waals surface area contributed by atoms with E-state index >= 15 is 0 Å². The highest BCUT2D eigenvalue weighted by Gasteiger charge is 2.19. The third-order valence-electron chi connectivity index (χ3n) is 2.75. The van der Waals surface area contributed by atoms with Crippen LogP contribution in [-0.2, 0) is 23.1 Å². The smallest absolute Gasteiger partial charge is 0.265 e. The SMILES string of the molecule is CCCn1cc(S(=O)(=O)Nc2nccs2)cc1CNC. The number of hydrogen-bond donors (Lipinski definition) is 2. The third-order valence-corrected chi connectivity index (χ3v) is 4.87. The van der Waals surface area contributed by atoms with Gasteiger partial charge in [-0.05, 0) is 19.5 Å². The number of anilines is 1. The first-order chi connectivity index (χ1) is 9.56. The second kappa shape index (κ2) is 6.38. The number of thiazole rings is 1. The van der Waals surface area contributed by atoms with Crippen LogP contribution in [0.4, 0.5) is 5.13 Å². The molecule has 0 aliphatic rings. The summed E-state index contributed by atoms with van der Waals surface area (Å²) in [4.78, 5) is 4.21. The van der Waals surface area contributed by atoms with Crippen molar-refractivity contribution in [1.29, 1.82) is 0 Å². The number of nitrogens with one attached hydrogen (secondary N) is 2. The number of aromatic nitrogens is 2. The van der Waals surface area contributed by atoms with Crippen LogP contribution in [0.2, 0.25) is 0 Å². The lowest BCUT2D eigenvalue weighted by molar-refractivity contribution is 0.599. The predicted molar refractivity (Wildman–Crippen MR) is 80.4 cm³/mol. The summed E-state index contributed by atoms with van der Waals surface area (Å²) in [7, 11) is -1.73. The molecule has 0 fully saturated rings. The van der Waals surface area contributed by atoms with E-state index in [1.807, 2.05) is 11.6 Å². The van der Waals surface area contributed by atoms with Crippen LogP contribution < -0.4 is 10.0 Å². The molecule has 6 nitrogen and oxygen atoms in total. The molecule has 2 rings (SSSR count). The van der Waals surface area contributed by atoms with Crippen molar-refractivity contribution in [3.63, 3.8) is 0 Å². The monoisotopic (exact) mass is 314 g/mol. The highest BCUT2D eigenvalue weighted by molar-refractivity contribution is 7.93. The molecule has 0 unspecified atom stereocenters. The fourth-order valence-electron chi connectivity index (χ4n) is 1.90. The second-order valence-corrected chi connectivity index (χ2v) is 6.91. The summed E-state index contributed by atoms with van der Waals surface area (Å²) in [5.41, 5.74) is 0.953. The van der Waals surface area contributed by atoms with Gasteiger partial charge in [-0.15, -0.1) is 11.3 Å². The summed E-state index contributed by atoms with van der Waals surface area (Å²) in [6, 6.07) is 1.70. The van der Waals surface area contributed by atoms with Gasteiger partial charge in [0.25, 0.3) is 10.0 Å². The van der Waals surface area contributed by atoms with Crippen LogP contribution in [0.5, 0.6) is 0 Å². The Morgan fingerprint density at radius 3 is 2.85 bits per heavy atom. The zero-order valence-electron chi connectivity index (χ0n) is 11.5. The van der Waals surface area contributed by atoms with Crippen LogP contribution in [0, 0.1) is 0 Å². The van der Waals surface area contributed by atoms with Crippen molar-refractivity contribution < 1.29 is 8.42 Å². The van der Waals surface area contributed by atoms with Crippen LogP contribution in [0.3, 0.4) is 0 Å². The Hall–Kier alpha value is -1.38. The van der Waals surface area contributed by atoms with Crippen molar-refractivity contribution in [1.82, 2.24) is 14.9 Å². The number of rotatable bonds is 7. The molecule has 0 saturated carbocycles. The molecule has 0 saturated heterocycles. The lowest BCUT2D eigenvalue weighted by atomic mass is 10.4. The van der Waals surface area contributed by atoms with Crippen molar-refractivity contribution in [2.24, 2.45) is 0 Å². The molecule has 0 radical (unpaired) electrons. The molecule has 2 aromatic rings. The van der Waals surface area contributed by atoms with Gasteiger partial charge in [0, 0.05) is 36.6 Å². The van der Waals surface area contributed by atoms with Gasteiger partial charge in [0.2, 0.25) is 0 Å². The van der Waals surface area contributed by atoms with Gasteiger partial charge in [-0.1, -0.05) is 6.92 Å². The predicted octanol–water partition coefficient (Wildman–Crippen LogP) is 1.87. The summed E-state index contributed by atoms with van der Waals surface area (Å²) in [5.74, 6) is 0. The standard InChI is InChI=1S/C12H18N4O2S2/c1-3-5-16-9-11(7-10(16)8-13-2)20(17,18)15-12-14-4-6-19-12/h4,6-7,9,13H,3,5,8H2,1-2H3,(H,14,15). The Bertz CT molecular complexity index is 624. The topological polar surface area (TPSA) is 76.0 Å². The Balaban J connectivity index is 2.29. The Morgan fingerprint density at radius 2 is 2.25 bits per heavy atom. The highest BCUT2D eigenvalue weighted by Crippen LogP contribution is 2.20. The van der Waals surface area contributed by atoms with Crippen LogP contribution in [-0.4, -0.2) is 25.0 Å². The molecule has 0 bridgehead atoms. The normalized spacial score (nSPS) is 11.7. The molecule has 0 spiro atoms. The van der Waals surface area contributed by atoms with Crippen LogP contribution in [0.25, 0.3) is 0 Å². The molecular formula is C12H18N4O2S2. The fourth-order valence-corrected chi connectivity index (χ4v) is 3.75. The van der Waals surface area contributed by atoms with Crippen molar-refractivity contribution in [3.8, 4) is 0 Å². The first kappa shape index (κ1) is 15.0. The fraction of sp³-hybridized carbons (Fsp3) is 0.417. The summed E-state index contributed by atoms with van der Waals surface area (Å²) >= 11 is 1.26. The molecule has 0 aromatic carbocycles.